The van der Waals surface area contributed by atoms with Crippen LogP contribution in [0.2, 0.25) is 0 Å². The SMILES string of the molecule is CNC(c1cccc(I)c1)c1cc(C)ccc1OC. The minimum atomic E-state index is 0.143. The highest BCUT2D eigenvalue weighted by atomic mass is 127. The number of nitrogens with one attached hydrogen (secondary N) is 1. The van der Waals surface area contributed by atoms with E-state index in [4.69, 9.17) is 4.74 Å². The summed E-state index contributed by atoms with van der Waals surface area (Å²) in [5.74, 6) is 0.920. The van der Waals surface area contributed by atoms with Crippen molar-refractivity contribution in [2.75, 3.05) is 14.2 Å². The quantitative estimate of drug-likeness (QED) is 0.828. The van der Waals surface area contributed by atoms with E-state index in [2.05, 4.69) is 71.2 Å². The van der Waals surface area contributed by atoms with Crippen molar-refractivity contribution in [2.45, 2.75) is 13.0 Å². The Morgan fingerprint density at radius 1 is 1.16 bits per heavy atom. The van der Waals surface area contributed by atoms with Crippen LogP contribution in [0.25, 0.3) is 0 Å². The Balaban J connectivity index is 2.50. The maximum atomic E-state index is 5.49. The normalized spacial score (nSPS) is 12.2. The number of benzene rings is 2. The first-order valence-electron chi connectivity index (χ1n) is 6.23. The van der Waals surface area contributed by atoms with Gasteiger partial charge in [0.2, 0.25) is 0 Å². The van der Waals surface area contributed by atoms with Crippen molar-refractivity contribution < 1.29 is 4.74 Å². The molecule has 2 nitrogen and oxygen atoms in total. The van der Waals surface area contributed by atoms with Gasteiger partial charge in [0.1, 0.15) is 5.75 Å². The summed E-state index contributed by atoms with van der Waals surface area (Å²) >= 11 is 2.34. The summed E-state index contributed by atoms with van der Waals surface area (Å²) in [5, 5.41) is 3.38. The van der Waals surface area contributed by atoms with Gasteiger partial charge in [0.15, 0.2) is 0 Å². The van der Waals surface area contributed by atoms with Crippen LogP contribution in [-0.4, -0.2) is 14.2 Å². The lowest BCUT2D eigenvalue weighted by Gasteiger charge is -2.20. The van der Waals surface area contributed by atoms with Crippen molar-refractivity contribution in [3.63, 3.8) is 0 Å². The number of aryl methyl sites for hydroxylation is 1. The zero-order chi connectivity index (χ0) is 13.8. The van der Waals surface area contributed by atoms with E-state index in [1.165, 1.54) is 20.3 Å². The number of ether oxygens (including phenoxy) is 1. The van der Waals surface area contributed by atoms with E-state index in [0.29, 0.717) is 0 Å². The van der Waals surface area contributed by atoms with E-state index in [1.54, 1.807) is 7.11 Å². The first kappa shape index (κ1) is 14.3. The molecule has 1 N–H and O–H groups in total. The van der Waals surface area contributed by atoms with E-state index in [-0.39, 0.29) is 6.04 Å². The Kier molecular flexibility index (Phi) is 4.82. The summed E-state index contributed by atoms with van der Waals surface area (Å²) < 4.78 is 6.73. The molecule has 0 aliphatic carbocycles. The molecule has 19 heavy (non-hydrogen) atoms. The molecular weight excluding hydrogens is 349 g/mol. The van der Waals surface area contributed by atoms with Crippen LogP contribution in [0, 0.1) is 10.5 Å². The molecule has 1 unspecified atom stereocenters. The predicted molar refractivity (Wildman–Crippen MR) is 87.8 cm³/mol. The van der Waals surface area contributed by atoms with Crippen LogP contribution in [0.3, 0.4) is 0 Å². The molecule has 0 spiro atoms. The molecule has 0 heterocycles. The van der Waals surface area contributed by atoms with Gasteiger partial charge in [-0.1, -0.05) is 29.8 Å². The zero-order valence-electron chi connectivity index (χ0n) is 11.4. The van der Waals surface area contributed by atoms with E-state index < -0.39 is 0 Å². The van der Waals surface area contributed by atoms with Gasteiger partial charge >= 0.3 is 0 Å². The summed E-state index contributed by atoms with van der Waals surface area (Å²) in [6, 6.07) is 15.0. The minimum Gasteiger partial charge on any atom is -0.496 e. The Bertz CT molecular complexity index is 568. The number of hydrogen-bond donors (Lipinski definition) is 1. The molecular formula is C16H18INO. The molecule has 2 aromatic rings. The molecule has 2 aromatic carbocycles. The second-order valence-electron chi connectivity index (χ2n) is 4.52. The molecule has 2 rings (SSSR count). The third kappa shape index (κ3) is 3.28. The van der Waals surface area contributed by atoms with Crippen LogP contribution < -0.4 is 10.1 Å². The molecule has 0 amide bonds. The lowest BCUT2D eigenvalue weighted by Crippen LogP contribution is -2.18. The molecule has 0 radical (unpaired) electrons. The fraction of sp³-hybridized carbons (Fsp3) is 0.250. The molecule has 3 heteroatoms. The van der Waals surface area contributed by atoms with Crippen LogP contribution in [0.15, 0.2) is 42.5 Å². The smallest absolute Gasteiger partial charge is 0.123 e. The third-order valence-corrected chi connectivity index (χ3v) is 3.84. The van der Waals surface area contributed by atoms with Gasteiger partial charge in [0.25, 0.3) is 0 Å². The van der Waals surface area contributed by atoms with E-state index in [1.807, 2.05) is 13.1 Å². The van der Waals surface area contributed by atoms with Crippen LogP contribution >= 0.6 is 22.6 Å². The average molecular weight is 367 g/mol. The Morgan fingerprint density at radius 3 is 2.58 bits per heavy atom. The number of methoxy groups -OCH3 is 1. The second-order valence-corrected chi connectivity index (χ2v) is 5.77. The molecule has 100 valence electrons. The largest absolute Gasteiger partial charge is 0.496 e. The lowest BCUT2D eigenvalue weighted by atomic mass is 9.96. The first-order valence-corrected chi connectivity index (χ1v) is 7.31. The second kappa shape index (κ2) is 6.39. The molecule has 0 aliphatic heterocycles. The highest BCUT2D eigenvalue weighted by molar-refractivity contribution is 14.1. The van der Waals surface area contributed by atoms with Gasteiger partial charge < -0.3 is 10.1 Å². The lowest BCUT2D eigenvalue weighted by molar-refractivity contribution is 0.405. The van der Waals surface area contributed by atoms with Gasteiger partial charge in [-0.25, -0.2) is 0 Å². The van der Waals surface area contributed by atoms with Crippen LogP contribution in [0.4, 0.5) is 0 Å². The summed E-state index contributed by atoms with van der Waals surface area (Å²) in [4.78, 5) is 0. The molecule has 0 saturated carbocycles. The van der Waals surface area contributed by atoms with Crippen LogP contribution in [0.1, 0.15) is 22.7 Å². The van der Waals surface area contributed by atoms with Crippen molar-refractivity contribution in [1.29, 1.82) is 0 Å². The van der Waals surface area contributed by atoms with Crippen molar-refractivity contribution in [1.82, 2.24) is 5.32 Å². The fourth-order valence-electron chi connectivity index (χ4n) is 2.27. The molecule has 0 fully saturated rings. The van der Waals surface area contributed by atoms with Gasteiger partial charge in [0, 0.05) is 9.13 Å². The monoisotopic (exact) mass is 367 g/mol. The predicted octanol–water partition coefficient (Wildman–Crippen LogP) is 3.92. The fourth-order valence-corrected chi connectivity index (χ4v) is 2.83. The number of halogens is 1. The molecule has 0 aromatic heterocycles. The minimum absolute atomic E-state index is 0.143. The van der Waals surface area contributed by atoms with Gasteiger partial charge in [0.05, 0.1) is 13.2 Å². The van der Waals surface area contributed by atoms with Gasteiger partial charge in [-0.05, 0) is 60.3 Å². The molecule has 0 saturated heterocycles. The van der Waals surface area contributed by atoms with Crippen LogP contribution in [0.5, 0.6) is 5.75 Å². The highest BCUT2D eigenvalue weighted by Crippen LogP contribution is 2.31. The van der Waals surface area contributed by atoms with Crippen molar-refractivity contribution in [2.24, 2.45) is 0 Å². The Hall–Kier alpha value is -1.07. The average Bonchev–Trinajstić information content (AvgIpc) is 2.40. The van der Waals surface area contributed by atoms with E-state index in [9.17, 15) is 0 Å². The summed E-state index contributed by atoms with van der Waals surface area (Å²) in [7, 11) is 3.70. The van der Waals surface area contributed by atoms with E-state index in [0.717, 1.165) is 5.75 Å². The maximum absolute atomic E-state index is 5.49. The van der Waals surface area contributed by atoms with Crippen molar-refractivity contribution in [3.05, 3.63) is 62.7 Å². The van der Waals surface area contributed by atoms with Gasteiger partial charge in [-0.2, -0.15) is 0 Å². The van der Waals surface area contributed by atoms with Crippen molar-refractivity contribution >= 4 is 22.6 Å². The summed E-state index contributed by atoms with van der Waals surface area (Å²) in [6.45, 7) is 2.10. The topological polar surface area (TPSA) is 21.3 Å². The van der Waals surface area contributed by atoms with Gasteiger partial charge in [-0.15, -0.1) is 0 Å². The Morgan fingerprint density at radius 2 is 1.95 bits per heavy atom. The zero-order valence-corrected chi connectivity index (χ0v) is 13.6. The standard InChI is InChI=1S/C16H18INO/c1-11-7-8-15(19-3)14(9-11)16(18-2)12-5-4-6-13(17)10-12/h4-10,16,18H,1-3H3. The summed E-state index contributed by atoms with van der Waals surface area (Å²) in [5.41, 5.74) is 3.66. The van der Waals surface area contributed by atoms with Gasteiger partial charge in [-0.3, -0.25) is 0 Å². The van der Waals surface area contributed by atoms with Crippen molar-refractivity contribution in [3.8, 4) is 5.75 Å². The highest BCUT2D eigenvalue weighted by Gasteiger charge is 2.16. The molecule has 0 aliphatic rings. The Labute approximate surface area is 128 Å². The van der Waals surface area contributed by atoms with Crippen LogP contribution in [-0.2, 0) is 0 Å². The maximum Gasteiger partial charge on any atom is 0.123 e. The number of rotatable bonds is 4. The third-order valence-electron chi connectivity index (χ3n) is 3.17. The first-order chi connectivity index (χ1) is 9.15. The molecule has 0 bridgehead atoms. The summed E-state index contributed by atoms with van der Waals surface area (Å²) in [6.07, 6.45) is 0. The van der Waals surface area contributed by atoms with E-state index >= 15 is 0 Å². The number of hydrogen-bond acceptors (Lipinski definition) is 2. The molecule has 1 atom stereocenters.